The van der Waals surface area contributed by atoms with Crippen LogP contribution in [0.2, 0.25) is 5.28 Å². The summed E-state index contributed by atoms with van der Waals surface area (Å²) in [6.45, 7) is 5.81. The molecule has 1 aliphatic rings. The Morgan fingerprint density at radius 3 is 2.29 bits per heavy atom. The highest BCUT2D eigenvalue weighted by molar-refractivity contribution is 6.28. The Labute approximate surface area is 266 Å². The van der Waals surface area contributed by atoms with Gasteiger partial charge in [0, 0.05) is 12.8 Å². The number of benzene rings is 2. The molecule has 236 valence electrons. The molecule has 2 aromatic heterocycles. The average Bonchev–Trinajstić information content (AvgIpc) is 3.62. The van der Waals surface area contributed by atoms with Gasteiger partial charge in [-0.05, 0) is 56.1 Å². The number of unbranched alkanes of at least 4 members (excludes halogenated alkanes) is 3. The smallest absolute Gasteiger partial charge is 0.338 e. The molecule has 2 aromatic carbocycles. The summed E-state index contributed by atoms with van der Waals surface area (Å²) in [6.07, 6.45) is 3.72. The number of anilines is 1. The van der Waals surface area contributed by atoms with Crippen LogP contribution in [0.1, 0.15) is 83.5 Å². The van der Waals surface area contributed by atoms with E-state index in [0.717, 1.165) is 36.8 Å². The van der Waals surface area contributed by atoms with Crippen LogP contribution in [0.4, 0.5) is 5.82 Å². The fourth-order valence-electron chi connectivity index (χ4n) is 5.07. The van der Waals surface area contributed by atoms with Crippen molar-refractivity contribution in [3.63, 3.8) is 0 Å². The maximum atomic E-state index is 13.1. The van der Waals surface area contributed by atoms with Gasteiger partial charge in [0.2, 0.25) is 11.2 Å². The average molecular weight is 634 g/mol. The predicted octanol–water partition coefficient (Wildman–Crippen LogP) is 6.38. The second-order valence-corrected chi connectivity index (χ2v) is 11.5. The summed E-state index contributed by atoms with van der Waals surface area (Å²) >= 11 is 6.26. The van der Waals surface area contributed by atoms with Gasteiger partial charge in [-0.3, -0.25) is 9.36 Å². The van der Waals surface area contributed by atoms with Crippen LogP contribution in [0.25, 0.3) is 11.2 Å². The molecule has 0 unspecified atom stereocenters. The fraction of sp³-hybridized carbons (Fsp3) is 0.394. The maximum Gasteiger partial charge on any atom is 0.338 e. The van der Waals surface area contributed by atoms with Crippen molar-refractivity contribution in [1.82, 2.24) is 19.5 Å². The van der Waals surface area contributed by atoms with Crippen LogP contribution in [0.15, 0.2) is 54.9 Å². The van der Waals surface area contributed by atoms with E-state index in [0.29, 0.717) is 28.7 Å². The quantitative estimate of drug-likeness (QED) is 0.107. The van der Waals surface area contributed by atoms with Crippen molar-refractivity contribution in [3.8, 4) is 0 Å². The van der Waals surface area contributed by atoms with Gasteiger partial charge in [0.1, 0.15) is 25.0 Å². The molecule has 0 spiro atoms. The Morgan fingerprint density at radius 2 is 1.62 bits per heavy atom. The van der Waals surface area contributed by atoms with E-state index in [1.807, 2.05) is 38.1 Å². The number of amides is 1. The Bertz CT molecular complexity index is 1660. The molecule has 0 bridgehead atoms. The van der Waals surface area contributed by atoms with E-state index in [1.165, 1.54) is 6.33 Å². The van der Waals surface area contributed by atoms with Crippen LogP contribution in [0.3, 0.4) is 0 Å². The molecule has 0 radical (unpaired) electrons. The number of aromatic nitrogens is 4. The van der Waals surface area contributed by atoms with E-state index in [4.69, 9.17) is 25.8 Å². The zero-order valence-electron chi connectivity index (χ0n) is 25.5. The lowest BCUT2D eigenvalue weighted by molar-refractivity contribution is -0.116. The number of ether oxygens (including phenoxy) is 3. The first-order valence-electron chi connectivity index (χ1n) is 15.1. The summed E-state index contributed by atoms with van der Waals surface area (Å²) in [7, 11) is 0. The number of nitrogens with one attached hydrogen (secondary N) is 1. The zero-order chi connectivity index (χ0) is 31.9. The summed E-state index contributed by atoms with van der Waals surface area (Å²) in [6, 6.07) is 14.1. The van der Waals surface area contributed by atoms with Gasteiger partial charge in [-0.2, -0.15) is 9.97 Å². The van der Waals surface area contributed by atoms with Crippen LogP contribution >= 0.6 is 11.6 Å². The molecule has 3 heterocycles. The molecule has 1 amide bonds. The molecule has 1 fully saturated rings. The Balaban J connectivity index is 1.35. The first-order valence-corrected chi connectivity index (χ1v) is 15.5. The molecular weight excluding hydrogens is 598 g/mol. The van der Waals surface area contributed by atoms with Crippen molar-refractivity contribution in [2.45, 2.75) is 77.7 Å². The summed E-state index contributed by atoms with van der Waals surface area (Å²) in [4.78, 5) is 51.4. The Hall–Kier alpha value is -4.35. The van der Waals surface area contributed by atoms with Gasteiger partial charge in [-0.25, -0.2) is 14.6 Å². The van der Waals surface area contributed by atoms with Gasteiger partial charge in [0.25, 0.3) is 0 Å². The van der Waals surface area contributed by atoms with Gasteiger partial charge in [0.05, 0.1) is 17.5 Å². The molecule has 1 saturated heterocycles. The van der Waals surface area contributed by atoms with Crippen molar-refractivity contribution >= 4 is 46.4 Å². The molecule has 0 saturated carbocycles. The third-order valence-corrected chi connectivity index (χ3v) is 7.78. The number of aryl methyl sites for hydroxylation is 2. The second-order valence-electron chi connectivity index (χ2n) is 11.2. The van der Waals surface area contributed by atoms with Crippen molar-refractivity contribution in [2.75, 3.05) is 11.9 Å². The highest BCUT2D eigenvalue weighted by Gasteiger charge is 2.41. The molecule has 0 aliphatic carbocycles. The molecule has 5 rings (SSSR count). The van der Waals surface area contributed by atoms with E-state index in [1.54, 1.807) is 28.8 Å². The number of esters is 2. The summed E-state index contributed by atoms with van der Waals surface area (Å²) < 4.78 is 19.4. The van der Waals surface area contributed by atoms with E-state index >= 15 is 0 Å². The lowest BCUT2D eigenvalue weighted by Crippen LogP contribution is -2.32. The van der Waals surface area contributed by atoms with Gasteiger partial charge in [-0.1, -0.05) is 61.6 Å². The number of halogens is 1. The summed E-state index contributed by atoms with van der Waals surface area (Å²) in [5, 5.41) is 2.73. The molecule has 11 nitrogen and oxygen atoms in total. The van der Waals surface area contributed by atoms with Crippen LogP contribution < -0.4 is 5.32 Å². The van der Waals surface area contributed by atoms with Crippen molar-refractivity contribution in [1.29, 1.82) is 0 Å². The highest BCUT2D eigenvalue weighted by atomic mass is 35.5. The molecule has 45 heavy (non-hydrogen) atoms. The minimum Gasteiger partial charge on any atom is -0.459 e. The van der Waals surface area contributed by atoms with Gasteiger partial charge in [-0.15, -0.1) is 0 Å². The van der Waals surface area contributed by atoms with Crippen LogP contribution in [0, 0.1) is 13.8 Å². The number of rotatable bonds is 12. The minimum absolute atomic E-state index is 0.0746. The van der Waals surface area contributed by atoms with Gasteiger partial charge >= 0.3 is 11.9 Å². The lowest BCUT2D eigenvalue weighted by atomic mass is 10.1. The predicted molar refractivity (Wildman–Crippen MR) is 168 cm³/mol. The van der Waals surface area contributed by atoms with E-state index < -0.39 is 30.4 Å². The number of nitrogens with zero attached hydrogens (tertiary/aromatic N) is 4. The minimum atomic E-state index is -0.782. The number of hydrogen-bond donors (Lipinski definition) is 1. The van der Waals surface area contributed by atoms with Gasteiger partial charge in [0.15, 0.2) is 17.0 Å². The second kappa shape index (κ2) is 14.6. The SMILES string of the molecule is CCCCCCC(=O)Nc1nc(Cl)nc2c1ncn2[C@H]1C[C@H](OC(=O)c2ccc(C)cc2)[C@@H](COC(=O)c2ccc(C)cc2)O1. The summed E-state index contributed by atoms with van der Waals surface area (Å²) in [5.74, 6) is -1.03. The number of imidazole rings is 1. The van der Waals surface area contributed by atoms with Crippen molar-refractivity contribution in [3.05, 3.63) is 82.4 Å². The van der Waals surface area contributed by atoms with Gasteiger partial charge < -0.3 is 19.5 Å². The normalized spacial score (nSPS) is 17.7. The number of fused-ring (bicyclic) bond motifs is 1. The first-order chi connectivity index (χ1) is 21.7. The standard InChI is InChI=1S/C33H36ClN5O6/c1-4-5-6-7-8-26(40)36-29-28-30(38-33(34)37-29)39(19-35-28)27-17-24(45-32(42)23-15-11-21(3)12-16-23)25(44-27)18-43-31(41)22-13-9-20(2)10-14-22/h9-16,19,24-25,27H,4-8,17-18H2,1-3H3,(H,36,37,38,40)/t24-,25+,27+/m0/s1. The fourth-order valence-corrected chi connectivity index (χ4v) is 5.23. The zero-order valence-corrected chi connectivity index (χ0v) is 26.3. The highest BCUT2D eigenvalue weighted by Crippen LogP contribution is 2.35. The van der Waals surface area contributed by atoms with Crippen LogP contribution in [-0.2, 0) is 19.0 Å². The Morgan fingerprint density at radius 1 is 0.956 bits per heavy atom. The molecule has 1 aliphatic heterocycles. The largest absolute Gasteiger partial charge is 0.459 e. The lowest BCUT2D eigenvalue weighted by Gasteiger charge is -2.19. The molecule has 1 N–H and O–H groups in total. The topological polar surface area (TPSA) is 135 Å². The number of carbonyl (C=O) groups excluding carboxylic acids is 3. The third kappa shape index (κ3) is 8.03. The molecule has 4 aromatic rings. The van der Waals surface area contributed by atoms with Crippen LogP contribution in [0.5, 0.6) is 0 Å². The number of hydrogen-bond acceptors (Lipinski definition) is 9. The van der Waals surface area contributed by atoms with Crippen molar-refractivity contribution < 1.29 is 28.6 Å². The van der Waals surface area contributed by atoms with E-state index in [2.05, 4.69) is 27.2 Å². The molecular formula is C33H36ClN5O6. The Kier molecular flexibility index (Phi) is 10.4. The maximum absolute atomic E-state index is 13.1. The molecule has 12 heteroatoms. The van der Waals surface area contributed by atoms with Crippen molar-refractivity contribution in [2.24, 2.45) is 0 Å². The number of carbonyl (C=O) groups is 3. The summed E-state index contributed by atoms with van der Waals surface area (Å²) in [5.41, 5.74) is 3.49. The molecule has 3 atom stereocenters. The monoisotopic (exact) mass is 633 g/mol. The van der Waals surface area contributed by atoms with Crippen LogP contribution in [-0.4, -0.2) is 56.2 Å². The van der Waals surface area contributed by atoms with E-state index in [9.17, 15) is 14.4 Å². The van der Waals surface area contributed by atoms with E-state index in [-0.39, 0.29) is 30.0 Å². The first kappa shape index (κ1) is 32.1. The third-order valence-electron chi connectivity index (χ3n) is 7.61.